The number of nitrogens with zero attached hydrogens (tertiary/aromatic N) is 2. The third kappa shape index (κ3) is 7.02. The lowest BCUT2D eigenvalue weighted by atomic mass is 9.52. The van der Waals surface area contributed by atoms with E-state index in [4.69, 9.17) is 9.15 Å². The molecule has 264 valence electrons. The smallest absolute Gasteiger partial charge is 0.296 e. The van der Waals surface area contributed by atoms with Crippen LogP contribution < -0.4 is 26.0 Å². The molecule has 4 N–H and O–H groups in total. The molecule has 4 amide bonds. The molecule has 2 aliphatic carbocycles. The van der Waals surface area contributed by atoms with Crippen molar-refractivity contribution in [2.75, 3.05) is 38.6 Å². The quantitative estimate of drug-likeness (QED) is 0.254. The van der Waals surface area contributed by atoms with Gasteiger partial charge in [0.2, 0.25) is 23.5 Å². The van der Waals surface area contributed by atoms with E-state index in [1.165, 1.54) is 0 Å². The number of hydrogen-bond donors (Lipinski definition) is 4. The molecule has 0 radical (unpaired) electrons. The summed E-state index contributed by atoms with van der Waals surface area (Å²) in [6, 6.07) is 3.87. The van der Waals surface area contributed by atoms with Crippen molar-refractivity contribution in [1.82, 2.24) is 25.8 Å². The summed E-state index contributed by atoms with van der Waals surface area (Å²) in [5.74, 6) is -2.02. The fourth-order valence-electron chi connectivity index (χ4n) is 7.95. The van der Waals surface area contributed by atoms with Gasteiger partial charge in [-0.3, -0.25) is 24.0 Å². The van der Waals surface area contributed by atoms with Gasteiger partial charge in [-0.2, -0.15) is 4.98 Å². The molecule has 13 heteroatoms. The molecule has 2 saturated carbocycles. The van der Waals surface area contributed by atoms with E-state index in [1.807, 2.05) is 26.0 Å². The maximum atomic E-state index is 14.2. The van der Waals surface area contributed by atoms with Gasteiger partial charge in [0.05, 0.1) is 13.0 Å². The monoisotopic (exact) mass is 676 g/mol. The minimum atomic E-state index is -1.04. The Morgan fingerprint density at radius 2 is 1.84 bits per heavy atom. The normalized spacial score (nSPS) is 27.1. The Balaban J connectivity index is 1.18. The van der Waals surface area contributed by atoms with Gasteiger partial charge in [0.25, 0.3) is 11.9 Å². The molecule has 13 nitrogen and oxygen atoms in total. The van der Waals surface area contributed by atoms with E-state index in [9.17, 15) is 24.0 Å². The van der Waals surface area contributed by atoms with Gasteiger partial charge in [-0.1, -0.05) is 26.0 Å². The highest BCUT2D eigenvalue weighted by molar-refractivity contribution is 6.38. The molecule has 2 aromatic rings. The molecule has 1 aromatic carbocycles. The first-order chi connectivity index (χ1) is 23.6. The molecule has 2 aliphatic heterocycles. The fourth-order valence-corrected chi connectivity index (χ4v) is 7.95. The highest BCUT2D eigenvalue weighted by Gasteiger charge is 2.72. The number of aromatic nitrogens is 1. The average molecular weight is 677 g/mol. The highest BCUT2D eigenvalue weighted by Crippen LogP contribution is 2.75. The highest BCUT2D eigenvalue weighted by atomic mass is 16.5. The number of methoxy groups -OCH3 is 1. The molecule has 2 spiro atoms. The van der Waals surface area contributed by atoms with Gasteiger partial charge in [0, 0.05) is 44.1 Å². The standard InChI is InChI=1S/C36H48N6O7/c1-22(2)29(41-34-40-26-19-23(48-3)11-12-27(26)49-34)33(47)42-20-24(36(21-42)16-15-35(36)13-14-35)31(45)39-25-9-7-5-4-6-8-10-28(43)37-17-18-38-32(46)30(25)44/h5,7,11-12,19,22,24-25,29H,4,6,8-10,13-18,20-21H2,1-3H3,(H,37,43)(H,38,46)(H,39,45)(H,40,41)/b7-5+/t24-,25-,29?,36+/m1/s1. The largest absolute Gasteiger partial charge is 0.497 e. The summed E-state index contributed by atoms with van der Waals surface area (Å²) in [6.07, 6.45) is 10.5. The van der Waals surface area contributed by atoms with E-state index >= 15 is 0 Å². The van der Waals surface area contributed by atoms with Gasteiger partial charge in [-0.15, -0.1) is 0 Å². The van der Waals surface area contributed by atoms with Crippen LogP contribution in [-0.2, 0) is 24.0 Å². The Morgan fingerprint density at radius 1 is 1.06 bits per heavy atom. The first-order valence-corrected chi connectivity index (χ1v) is 17.6. The van der Waals surface area contributed by atoms with Gasteiger partial charge < -0.3 is 35.3 Å². The summed E-state index contributed by atoms with van der Waals surface area (Å²) in [6.45, 7) is 4.93. The van der Waals surface area contributed by atoms with E-state index < -0.39 is 29.7 Å². The number of carbonyl (C=O) groups excluding carboxylic acids is 5. The molecule has 3 heterocycles. The van der Waals surface area contributed by atoms with Crippen molar-refractivity contribution < 1.29 is 33.1 Å². The minimum Gasteiger partial charge on any atom is -0.497 e. The van der Waals surface area contributed by atoms with Crippen molar-refractivity contribution in [3.63, 3.8) is 0 Å². The van der Waals surface area contributed by atoms with E-state index in [0.717, 1.165) is 44.9 Å². The first kappa shape index (κ1) is 34.4. The summed E-state index contributed by atoms with van der Waals surface area (Å²) in [5, 5.41) is 11.5. The molecule has 3 fully saturated rings. The summed E-state index contributed by atoms with van der Waals surface area (Å²) >= 11 is 0. The predicted octanol–water partition coefficient (Wildman–Crippen LogP) is 3.10. The van der Waals surface area contributed by atoms with Crippen molar-refractivity contribution in [3.8, 4) is 5.75 Å². The van der Waals surface area contributed by atoms with Crippen LogP contribution in [0.4, 0.5) is 6.01 Å². The number of ether oxygens (including phenoxy) is 1. The van der Waals surface area contributed by atoms with Crippen LogP contribution in [0.2, 0.25) is 0 Å². The summed E-state index contributed by atoms with van der Waals surface area (Å²) in [4.78, 5) is 72.9. The maximum absolute atomic E-state index is 14.2. The average Bonchev–Trinajstić information content (AvgIpc) is 3.67. The number of oxazole rings is 1. The number of amides is 4. The lowest BCUT2D eigenvalue weighted by Gasteiger charge is -2.51. The Morgan fingerprint density at radius 3 is 2.55 bits per heavy atom. The summed E-state index contributed by atoms with van der Waals surface area (Å²) in [5.41, 5.74) is 0.828. The molecule has 0 bridgehead atoms. The van der Waals surface area contributed by atoms with E-state index in [0.29, 0.717) is 29.8 Å². The third-order valence-corrected chi connectivity index (χ3v) is 11.1. The number of fused-ring (bicyclic) bond motifs is 2. The molecule has 1 aromatic heterocycles. The molecule has 1 unspecified atom stereocenters. The van der Waals surface area contributed by atoms with Crippen molar-refractivity contribution in [3.05, 3.63) is 30.4 Å². The van der Waals surface area contributed by atoms with Crippen LogP contribution in [0.3, 0.4) is 0 Å². The van der Waals surface area contributed by atoms with Crippen LogP contribution >= 0.6 is 0 Å². The number of likely N-dealkylation sites (tertiary alicyclic amines) is 1. The number of anilines is 1. The zero-order chi connectivity index (χ0) is 34.8. The van der Waals surface area contributed by atoms with Crippen LogP contribution in [0.1, 0.15) is 71.6 Å². The first-order valence-electron chi connectivity index (χ1n) is 17.6. The van der Waals surface area contributed by atoms with Crippen molar-refractivity contribution in [1.29, 1.82) is 0 Å². The van der Waals surface area contributed by atoms with Crippen molar-refractivity contribution in [2.45, 2.75) is 83.7 Å². The second-order valence-corrected chi connectivity index (χ2v) is 14.4. The molecular weight excluding hydrogens is 628 g/mol. The second kappa shape index (κ2) is 14.2. The Kier molecular flexibility index (Phi) is 9.99. The third-order valence-electron chi connectivity index (χ3n) is 11.1. The van der Waals surface area contributed by atoms with E-state index in [-0.39, 0.29) is 66.5 Å². The zero-order valence-corrected chi connectivity index (χ0v) is 28.6. The lowest BCUT2D eigenvalue weighted by Crippen LogP contribution is -2.56. The number of hydrogen-bond acceptors (Lipinski definition) is 9. The Hall–Kier alpha value is -4.42. The topological polar surface area (TPSA) is 172 Å². The van der Waals surface area contributed by atoms with E-state index in [2.05, 4.69) is 26.3 Å². The molecule has 49 heavy (non-hydrogen) atoms. The number of ketones is 1. The van der Waals surface area contributed by atoms with Gasteiger partial charge in [-0.25, -0.2) is 0 Å². The van der Waals surface area contributed by atoms with Crippen LogP contribution in [0, 0.1) is 22.7 Å². The zero-order valence-electron chi connectivity index (χ0n) is 28.6. The number of rotatable bonds is 7. The number of Topliss-reactive ketones (excluding diaryl/α,β-unsaturated/α-hetero) is 1. The molecule has 4 aliphatic rings. The van der Waals surface area contributed by atoms with Gasteiger partial charge in [0.15, 0.2) is 5.58 Å². The molecule has 4 atom stereocenters. The number of benzene rings is 1. The number of nitrogens with one attached hydrogen (secondary N) is 4. The lowest BCUT2D eigenvalue weighted by molar-refractivity contribution is -0.142. The number of carbonyl (C=O) groups is 5. The number of allylic oxidation sites excluding steroid dienone is 1. The van der Waals surface area contributed by atoms with Crippen molar-refractivity contribution >= 4 is 46.5 Å². The van der Waals surface area contributed by atoms with Gasteiger partial charge in [0.1, 0.15) is 23.3 Å². The van der Waals surface area contributed by atoms with E-state index in [1.54, 1.807) is 30.2 Å². The molecule has 6 rings (SSSR count). The van der Waals surface area contributed by atoms with Crippen molar-refractivity contribution in [2.24, 2.45) is 22.7 Å². The van der Waals surface area contributed by atoms with Gasteiger partial charge >= 0.3 is 0 Å². The summed E-state index contributed by atoms with van der Waals surface area (Å²) in [7, 11) is 1.58. The maximum Gasteiger partial charge on any atom is 0.296 e. The van der Waals surface area contributed by atoms with Crippen LogP contribution in [0.15, 0.2) is 34.8 Å². The fraction of sp³-hybridized carbons (Fsp3) is 0.611. The van der Waals surface area contributed by atoms with Crippen LogP contribution in [0.5, 0.6) is 5.75 Å². The SMILES string of the molecule is COc1ccc2oc(NC(C(=O)N3C[C@H](C(=O)N[C@@H]4C/C=C/CCCCC(=O)NCCNC(=O)C4=O)[C@]4(CCC45CC5)C3)C(C)C)nc2c1. The summed E-state index contributed by atoms with van der Waals surface area (Å²) < 4.78 is 11.2. The predicted molar refractivity (Wildman–Crippen MR) is 181 cm³/mol. The van der Waals surface area contributed by atoms with Crippen LogP contribution in [0.25, 0.3) is 11.1 Å². The van der Waals surface area contributed by atoms with Gasteiger partial charge in [-0.05, 0) is 74.8 Å². The second-order valence-electron chi connectivity index (χ2n) is 14.4. The van der Waals surface area contributed by atoms with Crippen LogP contribution in [-0.4, -0.2) is 84.7 Å². The Labute approximate surface area is 286 Å². The molecule has 1 saturated heterocycles. The minimum absolute atomic E-state index is 0.0254. The molecular formula is C36H48N6O7. The Bertz CT molecular complexity index is 1630.